The average molecular weight is 283 g/mol. The van der Waals surface area contributed by atoms with E-state index in [1.165, 1.54) is 23.3 Å². The highest BCUT2D eigenvalue weighted by molar-refractivity contribution is 5.67. The van der Waals surface area contributed by atoms with E-state index in [4.69, 9.17) is 4.74 Å². The van der Waals surface area contributed by atoms with Gasteiger partial charge in [-0.1, -0.05) is 30.3 Å². The predicted octanol–water partition coefficient (Wildman–Crippen LogP) is 3.78. The topological polar surface area (TPSA) is 21.3 Å². The summed E-state index contributed by atoms with van der Waals surface area (Å²) in [6, 6.07) is 14.6. The highest BCUT2D eigenvalue weighted by atomic mass is 19.1. The number of halogens is 1. The molecule has 1 heterocycles. The van der Waals surface area contributed by atoms with Gasteiger partial charge in [-0.2, -0.15) is 0 Å². The quantitative estimate of drug-likeness (QED) is 0.922. The molecule has 0 amide bonds. The normalized spacial score (nSPS) is 14.6. The Morgan fingerprint density at radius 3 is 2.67 bits per heavy atom. The van der Waals surface area contributed by atoms with Crippen molar-refractivity contribution in [2.75, 3.05) is 13.1 Å². The summed E-state index contributed by atoms with van der Waals surface area (Å²) in [6.45, 7) is 2.35. The maximum Gasteiger partial charge on any atom is 0.123 e. The molecule has 0 bridgehead atoms. The number of rotatable bonds is 4. The largest absolute Gasteiger partial charge is 0.489 e. The van der Waals surface area contributed by atoms with Gasteiger partial charge in [0, 0.05) is 6.54 Å². The highest BCUT2D eigenvalue weighted by Crippen LogP contribution is 2.22. The summed E-state index contributed by atoms with van der Waals surface area (Å²) in [5, 5.41) is 3.31. The Morgan fingerprint density at radius 2 is 1.95 bits per heavy atom. The van der Waals surface area contributed by atoms with Crippen LogP contribution in [0.5, 0.6) is 5.75 Å². The molecule has 21 heavy (non-hydrogen) atoms. The molecule has 3 heteroatoms. The van der Waals surface area contributed by atoms with Gasteiger partial charge in [0.1, 0.15) is 18.2 Å². The molecule has 0 aliphatic carbocycles. The van der Waals surface area contributed by atoms with Crippen LogP contribution < -0.4 is 10.1 Å². The Hall–Kier alpha value is -2.13. The first-order chi connectivity index (χ1) is 10.3. The molecule has 2 aromatic rings. The molecular weight excluding hydrogens is 265 g/mol. The minimum Gasteiger partial charge on any atom is -0.489 e. The zero-order valence-corrected chi connectivity index (χ0v) is 11.8. The number of benzene rings is 2. The Morgan fingerprint density at radius 1 is 1.10 bits per heavy atom. The van der Waals surface area contributed by atoms with E-state index < -0.39 is 0 Å². The Labute approximate surface area is 124 Å². The molecule has 108 valence electrons. The SMILES string of the molecule is Fc1cccc(COc2ccc(C3=CCNCC3)cc2)c1. The van der Waals surface area contributed by atoms with Gasteiger partial charge >= 0.3 is 0 Å². The van der Waals surface area contributed by atoms with Crippen molar-refractivity contribution in [1.29, 1.82) is 0 Å². The Bertz CT molecular complexity index is 634. The number of ether oxygens (including phenoxy) is 1. The Balaban J connectivity index is 1.63. The molecule has 0 aromatic heterocycles. The molecule has 0 radical (unpaired) electrons. The monoisotopic (exact) mass is 283 g/mol. The highest BCUT2D eigenvalue weighted by Gasteiger charge is 2.05. The van der Waals surface area contributed by atoms with Crippen molar-refractivity contribution in [1.82, 2.24) is 5.32 Å². The average Bonchev–Trinajstić information content (AvgIpc) is 2.54. The van der Waals surface area contributed by atoms with Crippen molar-refractivity contribution in [3.05, 3.63) is 71.6 Å². The molecule has 3 rings (SSSR count). The third-order valence-electron chi connectivity index (χ3n) is 3.58. The van der Waals surface area contributed by atoms with E-state index in [0.29, 0.717) is 6.61 Å². The zero-order valence-electron chi connectivity index (χ0n) is 11.8. The number of nitrogens with one attached hydrogen (secondary N) is 1. The molecule has 0 spiro atoms. The van der Waals surface area contributed by atoms with Crippen molar-refractivity contribution < 1.29 is 9.13 Å². The van der Waals surface area contributed by atoms with Crippen LogP contribution in [0.1, 0.15) is 17.5 Å². The zero-order chi connectivity index (χ0) is 14.5. The molecule has 0 saturated carbocycles. The van der Waals surface area contributed by atoms with E-state index in [2.05, 4.69) is 23.5 Å². The van der Waals surface area contributed by atoms with Crippen molar-refractivity contribution in [2.24, 2.45) is 0 Å². The summed E-state index contributed by atoms with van der Waals surface area (Å²) in [5.74, 6) is 0.571. The van der Waals surface area contributed by atoms with Crippen molar-refractivity contribution >= 4 is 5.57 Å². The molecule has 1 N–H and O–H groups in total. The molecule has 2 aromatic carbocycles. The van der Waals surface area contributed by atoms with Gasteiger partial charge in [-0.15, -0.1) is 0 Å². The molecule has 1 aliphatic rings. The van der Waals surface area contributed by atoms with Gasteiger partial charge in [-0.3, -0.25) is 0 Å². The van der Waals surface area contributed by atoms with Crippen LogP contribution in [0.25, 0.3) is 5.57 Å². The van der Waals surface area contributed by atoms with Gasteiger partial charge in [0.15, 0.2) is 0 Å². The van der Waals surface area contributed by atoms with Gasteiger partial charge in [0.25, 0.3) is 0 Å². The molecule has 1 aliphatic heterocycles. The van der Waals surface area contributed by atoms with Crippen LogP contribution in [0.4, 0.5) is 4.39 Å². The minimum absolute atomic E-state index is 0.232. The summed E-state index contributed by atoms with van der Waals surface area (Å²) >= 11 is 0. The van der Waals surface area contributed by atoms with Gasteiger partial charge in [-0.25, -0.2) is 4.39 Å². The van der Waals surface area contributed by atoms with Crippen molar-refractivity contribution in [3.63, 3.8) is 0 Å². The van der Waals surface area contributed by atoms with E-state index in [9.17, 15) is 4.39 Å². The smallest absolute Gasteiger partial charge is 0.123 e. The lowest BCUT2D eigenvalue weighted by atomic mass is 10.0. The predicted molar refractivity (Wildman–Crippen MR) is 82.6 cm³/mol. The lowest BCUT2D eigenvalue weighted by Gasteiger charge is -2.14. The van der Waals surface area contributed by atoms with Gasteiger partial charge < -0.3 is 10.1 Å². The molecule has 0 unspecified atom stereocenters. The first kappa shape index (κ1) is 13.8. The summed E-state index contributed by atoms with van der Waals surface area (Å²) in [7, 11) is 0. The van der Waals surface area contributed by atoms with E-state index in [0.717, 1.165) is 30.8 Å². The molecule has 0 saturated heterocycles. The second kappa shape index (κ2) is 6.55. The van der Waals surface area contributed by atoms with Crippen LogP contribution in [-0.4, -0.2) is 13.1 Å². The molecule has 0 fully saturated rings. The fourth-order valence-electron chi connectivity index (χ4n) is 2.44. The second-order valence-corrected chi connectivity index (χ2v) is 5.13. The standard InChI is InChI=1S/C18H18FNO/c19-17-3-1-2-14(12-17)13-21-18-6-4-15(5-7-18)16-8-10-20-11-9-16/h1-8,12,20H,9-11,13H2. The first-order valence-electron chi connectivity index (χ1n) is 7.19. The van der Waals surface area contributed by atoms with Crippen LogP contribution in [0.2, 0.25) is 0 Å². The summed E-state index contributed by atoms with van der Waals surface area (Å²) in [5.41, 5.74) is 3.46. The van der Waals surface area contributed by atoms with Gasteiger partial charge in [0.2, 0.25) is 0 Å². The van der Waals surface area contributed by atoms with Crippen molar-refractivity contribution in [2.45, 2.75) is 13.0 Å². The summed E-state index contributed by atoms with van der Waals surface area (Å²) < 4.78 is 18.8. The van der Waals surface area contributed by atoms with E-state index in [-0.39, 0.29) is 5.82 Å². The Kier molecular flexibility index (Phi) is 4.31. The van der Waals surface area contributed by atoms with Crippen LogP contribution in [0.3, 0.4) is 0 Å². The van der Waals surface area contributed by atoms with Crippen LogP contribution >= 0.6 is 0 Å². The minimum atomic E-state index is -0.232. The fraction of sp³-hybridized carbons (Fsp3) is 0.222. The molecule has 2 nitrogen and oxygen atoms in total. The fourth-order valence-corrected chi connectivity index (χ4v) is 2.44. The van der Waals surface area contributed by atoms with E-state index >= 15 is 0 Å². The lowest BCUT2D eigenvalue weighted by Crippen LogP contribution is -2.19. The van der Waals surface area contributed by atoms with Crippen molar-refractivity contribution in [3.8, 4) is 5.75 Å². The lowest BCUT2D eigenvalue weighted by molar-refractivity contribution is 0.305. The van der Waals surface area contributed by atoms with Gasteiger partial charge in [-0.05, 0) is 53.9 Å². The van der Waals surface area contributed by atoms with E-state index in [1.54, 1.807) is 6.07 Å². The van der Waals surface area contributed by atoms with Crippen LogP contribution in [-0.2, 0) is 6.61 Å². The summed E-state index contributed by atoms with van der Waals surface area (Å²) in [6.07, 6.45) is 3.29. The molecular formula is C18H18FNO. The second-order valence-electron chi connectivity index (χ2n) is 5.13. The van der Waals surface area contributed by atoms with Gasteiger partial charge in [0.05, 0.1) is 0 Å². The van der Waals surface area contributed by atoms with E-state index in [1.807, 2.05) is 18.2 Å². The third-order valence-corrected chi connectivity index (χ3v) is 3.58. The van der Waals surface area contributed by atoms with Crippen LogP contribution in [0, 0.1) is 5.82 Å². The summed E-state index contributed by atoms with van der Waals surface area (Å²) in [4.78, 5) is 0. The third kappa shape index (κ3) is 3.70. The molecule has 0 atom stereocenters. The van der Waals surface area contributed by atoms with Crippen LogP contribution in [0.15, 0.2) is 54.6 Å². The maximum atomic E-state index is 13.1. The number of hydrogen-bond donors (Lipinski definition) is 1. The maximum absolute atomic E-state index is 13.1. The first-order valence-corrected chi connectivity index (χ1v) is 7.19. The number of hydrogen-bond acceptors (Lipinski definition) is 2.